The van der Waals surface area contributed by atoms with E-state index in [-0.39, 0.29) is 5.91 Å². The van der Waals surface area contributed by atoms with Crippen molar-refractivity contribution in [1.82, 2.24) is 19.8 Å². The number of imidazole rings is 1. The third kappa shape index (κ3) is 3.56. The molecule has 1 aliphatic rings. The maximum atomic E-state index is 12.4. The molecule has 2 atom stereocenters. The van der Waals surface area contributed by atoms with Gasteiger partial charge in [0.15, 0.2) is 0 Å². The second-order valence-corrected chi connectivity index (χ2v) is 5.17. The lowest BCUT2D eigenvalue weighted by atomic mass is 10.0. The molecule has 0 aliphatic carbocycles. The van der Waals surface area contributed by atoms with E-state index in [1.54, 1.807) is 12.5 Å². The maximum absolute atomic E-state index is 12.4. The number of amides is 1. The van der Waals surface area contributed by atoms with Crippen LogP contribution in [0.5, 0.6) is 0 Å². The second kappa shape index (κ2) is 6.70. The lowest BCUT2D eigenvalue weighted by molar-refractivity contribution is -0.135. The number of piperazine rings is 1. The van der Waals surface area contributed by atoms with Gasteiger partial charge in [0.1, 0.15) is 0 Å². The van der Waals surface area contributed by atoms with E-state index in [2.05, 4.69) is 29.0 Å². The molecule has 1 N–H and O–H groups in total. The van der Waals surface area contributed by atoms with E-state index in [0.717, 1.165) is 32.5 Å². The van der Waals surface area contributed by atoms with Gasteiger partial charge in [-0.2, -0.15) is 0 Å². The SMILES string of the molecule is CCC1CN(C(=O)CCn2ccnc2)C(CC)CN1. The fourth-order valence-electron chi connectivity index (χ4n) is 2.59. The van der Waals surface area contributed by atoms with Crippen molar-refractivity contribution in [2.24, 2.45) is 0 Å². The van der Waals surface area contributed by atoms with E-state index in [4.69, 9.17) is 0 Å². The van der Waals surface area contributed by atoms with Gasteiger partial charge in [-0.25, -0.2) is 4.98 Å². The summed E-state index contributed by atoms with van der Waals surface area (Å²) in [5.41, 5.74) is 0. The zero-order valence-corrected chi connectivity index (χ0v) is 11.9. The van der Waals surface area contributed by atoms with Gasteiger partial charge in [0.05, 0.1) is 6.33 Å². The highest BCUT2D eigenvalue weighted by atomic mass is 16.2. The van der Waals surface area contributed by atoms with Crippen molar-refractivity contribution in [2.75, 3.05) is 13.1 Å². The van der Waals surface area contributed by atoms with Crippen LogP contribution in [-0.4, -0.2) is 45.5 Å². The van der Waals surface area contributed by atoms with E-state index in [0.29, 0.717) is 18.5 Å². The first-order valence-electron chi connectivity index (χ1n) is 7.23. The molecule has 1 aromatic heterocycles. The molecule has 1 saturated heterocycles. The van der Waals surface area contributed by atoms with E-state index in [1.807, 2.05) is 10.8 Å². The van der Waals surface area contributed by atoms with Crippen molar-refractivity contribution in [3.8, 4) is 0 Å². The Morgan fingerprint density at radius 3 is 2.89 bits per heavy atom. The summed E-state index contributed by atoms with van der Waals surface area (Å²) in [6.45, 7) is 6.80. The highest BCUT2D eigenvalue weighted by Crippen LogP contribution is 2.13. The minimum Gasteiger partial charge on any atom is -0.337 e. The molecule has 19 heavy (non-hydrogen) atoms. The molecule has 2 unspecified atom stereocenters. The van der Waals surface area contributed by atoms with Crippen LogP contribution in [0.3, 0.4) is 0 Å². The molecule has 0 spiro atoms. The summed E-state index contributed by atoms with van der Waals surface area (Å²) in [7, 11) is 0. The minimum absolute atomic E-state index is 0.264. The summed E-state index contributed by atoms with van der Waals surface area (Å²) in [6.07, 6.45) is 8.05. The summed E-state index contributed by atoms with van der Waals surface area (Å²) >= 11 is 0. The largest absolute Gasteiger partial charge is 0.337 e. The monoisotopic (exact) mass is 264 g/mol. The molecular formula is C14H24N4O. The number of hydrogen-bond donors (Lipinski definition) is 1. The number of carbonyl (C=O) groups is 1. The Balaban J connectivity index is 1.90. The number of nitrogens with zero attached hydrogens (tertiary/aromatic N) is 3. The Kier molecular flexibility index (Phi) is 4.96. The lowest BCUT2D eigenvalue weighted by Crippen LogP contribution is -2.58. The topological polar surface area (TPSA) is 50.2 Å². The van der Waals surface area contributed by atoms with Crippen LogP contribution in [0.1, 0.15) is 33.1 Å². The van der Waals surface area contributed by atoms with E-state index in [1.165, 1.54) is 0 Å². The van der Waals surface area contributed by atoms with Crippen LogP contribution in [0.15, 0.2) is 18.7 Å². The van der Waals surface area contributed by atoms with Crippen molar-refractivity contribution in [1.29, 1.82) is 0 Å². The van der Waals surface area contributed by atoms with Crippen LogP contribution in [0, 0.1) is 0 Å². The van der Waals surface area contributed by atoms with Crippen LogP contribution in [0.25, 0.3) is 0 Å². The maximum Gasteiger partial charge on any atom is 0.224 e. The molecule has 1 fully saturated rings. The fourth-order valence-corrected chi connectivity index (χ4v) is 2.59. The Hall–Kier alpha value is -1.36. The van der Waals surface area contributed by atoms with Gasteiger partial charge in [-0.1, -0.05) is 13.8 Å². The fraction of sp³-hybridized carbons (Fsp3) is 0.714. The zero-order chi connectivity index (χ0) is 13.7. The average Bonchev–Trinajstić information content (AvgIpc) is 2.97. The number of rotatable bonds is 5. The van der Waals surface area contributed by atoms with Gasteiger partial charge in [-0.05, 0) is 12.8 Å². The molecule has 1 aliphatic heterocycles. The normalized spacial score (nSPS) is 23.6. The van der Waals surface area contributed by atoms with Gasteiger partial charge in [0.25, 0.3) is 0 Å². The number of nitrogens with one attached hydrogen (secondary N) is 1. The number of aromatic nitrogens is 2. The Morgan fingerprint density at radius 2 is 2.26 bits per heavy atom. The van der Waals surface area contributed by atoms with Crippen LogP contribution in [-0.2, 0) is 11.3 Å². The molecule has 106 valence electrons. The average molecular weight is 264 g/mol. The van der Waals surface area contributed by atoms with E-state index < -0.39 is 0 Å². The molecule has 1 amide bonds. The third-order valence-electron chi connectivity index (χ3n) is 3.93. The highest BCUT2D eigenvalue weighted by molar-refractivity contribution is 5.76. The predicted octanol–water partition coefficient (Wildman–Crippen LogP) is 1.26. The van der Waals surface area contributed by atoms with Crippen LogP contribution >= 0.6 is 0 Å². The molecule has 0 radical (unpaired) electrons. The van der Waals surface area contributed by atoms with Gasteiger partial charge in [0.2, 0.25) is 5.91 Å². The lowest BCUT2D eigenvalue weighted by Gasteiger charge is -2.40. The molecule has 2 rings (SSSR count). The van der Waals surface area contributed by atoms with Gasteiger partial charge in [-0.15, -0.1) is 0 Å². The van der Waals surface area contributed by atoms with E-state index >= 15 is 0 Å². The molecule has 5 nitrogen and oxygen atoms in total. The molecule has 0 bridgehead atoms. The standard InChI is InChI=1S/C14H24N4O/c1-3-12-10-18(13(4-2)9-16-12)14(19)5-7-17-8-6-15-11-17/h6,8,11-13,16H,3-5,7,9-10H2,1-2H3. The van der Waals surface area contributed by atoms with Crippen molar-refractivity contribution < 1.29 is 4.79 Å². The minimum atomic E-state index is 0.264. The Morgan fingerprint density at radius 1 is 1.42 bits per heavy atom. The first-order valence-corrected chi connectivity index (χ1v) is 7.23. The second-order valence-electron chi connectivity index (χ2n) is 5.17. The van der Waals surface area contributed by atoms with Crippen molar-refractivity contribution >= 4 is 5.91 Å². The summed E-state index contributed by atoms with van der Waals surface area (Å²) in [5, 5.41) is 3.52. The molecule has 0 aromatic carbocycles. The summed E-state index contributed by atoms with van der Waals surface area (Å²) < 4.78 is 1.96. The molecular weight excluding hydrogens is 240 g/mol. The predicted molar refractivity (Wildman–Crippen MR) is 74.7 cm³/mol. The third-order valence-corrected chi connectivity index (χ3v) is 3.93. The van der Waals surface area contributed by atoms with Gasteiger partial charge < -0.3 is 14.8 Å². The smallest absolute Gasteiger partial charge is 0.224 e. The van der Waals surface area contributed by atoms with E-state index in [9.17, 15) is 4.79 Å². The van der Waals surface area contributed by atoms with Gasteiger partial charge >= 0.3 is 0 Å². The van der Waals surface area contributed by atoms with Gasteiger partial charge in [-0.3, -0.25) is 4.79 Å². The van der Waals surface area contributed by atoms with Crippen LogP contribution in [0.2, 0.25) is 0 Å². The summed E-state index contributed by atoms with van der Waals surface area (Å²) in [5.74, 6) is 0.264. The molecule has 5 heteroatoms. The highest BCUT2D eigenvalue weighted by Gasteiger charge is 2.28. The van der Waals surface area contributed by atoms with Crippen LogP contribution in [0.4, 0.5) is 0 Å². The molecule has 0 saturated carbocycles. The Bertz CT molecular complexity index is 390. The van der Waals surface area contributed by atoms with Crippen molar-refractivity contribution in [3.05, 3.63) is 18.7 Å². The van der Waals surface area contributed by atoms with Crippen LogP contribution < -0.4 is 5.32 Å². The summed E-state index contributed by atoms with van der Waals surface area (Å²) in [6, 6.07) is 0.790. The first-order chi connectivity index (χ1) is 9.24. The van der Waals surface area contributed by atoms with Gasteiger partial charge in [0, 0.05) is 50.5 Å². The number of carbonyl (C=O) groups excluding carboxylic acids is 1. The first kappa shape index (κ1) is 14.1. The quantitative estimate of drug-likeness (QED) is 0.871. The Labute approximate surface area is 115 Å². The summed E-state index contributed by atoms with van der Waals surface area (Å²) in [4.78, 5) is 18.5. The van der Waals surface area contributed by atoms with Crippen molar-refractivity contribution in [2.45, 2.75) is 51.7 Å². The molecule has 2 heterocycles. The number of aryl methyl sites for hydroxylation is 1. The molecule has 1 aromatic rings. The van der Waals surface area contributed by atoms with Crippen molar-refractivity contribution in [3.63, 3.8) is 0 Å². The number of hydrogen-bond acceptors (Lipinski definition) is 3. The zero-order valence-electron chi connectivity index (χ0n) is 11.9.